The summed E-state index contributed by atoms with van der Waals surface area (Å²) in [6, 6.07) is 0. The van der Waals surface area contributed by atoms with Crippen LogP contribution in [0.3, 0.4) is 0 Å². The molecule has 0 atom stereocenters. The molecule has 22 heavy (non-hydrogen) atoms. The van der Waals surface area contributed by atoms with Gasteiger partial charge < -0.3 is 18.8 Å². The van der Waals surface area contributed by atoms with Gasteiger partial charge in [0.2, 0.25) is 11.8 Å². The molecule has 2 fully saturated rings. The molecule has 0 aliphatic carbocycles. The standard InChI is InChI=1S/2C8H17N2O/c2*1-8(11)9-4-6-10(2,3)7-5-9/h2*4-7H2,1-3H3/q2*+1. The molecule has 2 saturated heterocycles. The number of quaternary nitrogens is 2. The van der Waals surface area contributed by atoms with Crippen LogP contribution in [0, 0.1) is 0 Å². The summed E-state index contributed by atoms with van der Waals surface area (Å²) in [7, 11) is 8.82. The first-order valence-electron chi connectivity index (χ1n) is 8.17. The van der Waals surface area contributed by atoms with Gasteiger partial charge in [0, 0.05) is 13.8 Å². The number of carbonyl (C=O) groups is 2. The minimum absolute atomic E-state index is 0.213. The quantitative estimate of drug-likeness (QED) is 0.584. The molecule has 6 heteroatoms. The second-order valence-electron chi connectivity index (χ2n) is 7.78. The van der Waals surface area contributed by atoms with Crippen LogP contribution in [-0.2, 0) is 9.59 Å². The predicted octanol–water partition coefficient (Wildman–Crippen LogP) is -0.150. The third kappa shape index (κ3) is 6.32. The van der Waals surface area contributed by atoms with Crippen molar-refractivity contribution in [1.82, 2.24) is 9.80 Å². The monoisotopic (exact) mass is 314 g/mol. The van der Waals surface area contributed by atoms with Crippen molar-refractivity contribution in [2.24, 2.45) is 0 Å². The van der Waals surface area contributed by atoms with Crippen molar-refractivity contribution in [3.05, 3.63) is 0 Å². The van der Waals surface area contributed by atoms with E-state index in [1.807, 2.05) is 9.80 Å². The van der Waals surface area contributed by atoms with Crippen LogP contribution in [0.4, 0.5) is 0 Å². The molecule has 0 bridgehead atoms. The maximum atomic E-state index is 10.9. The largest absolute Gasteiger partial charge is 0.332 e. The Morgan fingerprint density at radius 3 is 1.05 bits per heavy atom. The maximum absolute atomic E-state index is 10.9. The molecule has 0 saturated carbocycles. The van der Waals surface area contributed by atoms with Gasteiger partial charge in [0.25, 0.3) is 0 Å². The minimum atomic E-state index is 0.213. The Balaban J connectivity index is 0.000000220. The summed E-state index contributed by atoms with van der Waals surface area (Å²) in [5, 5.41) is 0. The van der Waals surface area contributed by atoms with Gasteiger partial charge in [-0.25, -0.2) is 0 Å². The molecule has 128 valence electrons. The number of rotatable bonds is 0. The van der Waals surface area contributed by atoms with Crippen molar-refractivity contribution in [3.63, 3.8) is 0 Å². The van der Waals surface area contributed by atoms with Gasteiger partial charge in [0.1, 0.15) is 0 Å². The fourth-order valence-corrected chi connectivity index (χ4v) is 2.64. The van der Waals surface area contributed by atoms with E-state index in [-0.39, 0.29) is 11.8 Å². The second-order valence-corrected chi connectivity index (χ2v) is 7.78. The number of hydrogen-bond acceptors (Lipinski definition) is 2. The van der Waals surface area contributed by atoms with Crippen molar-refractivity contribution in [3.8, 4) is 0 Å². The molecule has 2 rings (SSSR count). The molecule has 0 N–H and O–H groups in total. The van der Waals surface area contributed by atoms with Gasteiger partial charge in [0.05, 0.1) is 80.5 Å². The highest BCUT2D eigenvalue weighted by Gasteiger charge is 2.25. The van der Waals surface area contributed by atoms with Gasteiger partial charge in [-0.05, 0) is 0 Å². The molecule has 0 spiro atoms. The van der Waals surface area contributed by atoms with Gasteiger partial charge >= 0.3 is 0 Å². The Morgan fingerprint density at radius 2 is 0.864 bits per heavy atom. The van der Waals surface area contributed by atoms with E-state index in [1.54, 1.807) is 13.8 Å². The van der Waals surface area contributed by atoms with Crippen molar-refractivity contribution in [2.45, 2.75) is 13.8 Å². The fraction of sp³-hybridized carbons (Fsp3) is 0.875. The van der Waals surface area contributed by atoms with Crippen LogP contribution >= 0.6 is 0 Å². The lowest BCUT2D eigenvalue weighted by molar-refractivity contribution is -0.894. The Morgan fingerprint density at radius 1 is 0.636 bits per heavy atom. The molecule has 2 heterocycles. The summed E-state index contributed by atoms with van der Waals surface area (Å²) in [6.07, 6.45) is 0. The Labute approximate surface area is 135 Å². The van der Waals surface area contributed by atoms with Gasteiger partial charge in [0.15, 0.2) is 0 Å². The minimum Gasteiger partial charge on any atom is -0.332 e. The molecular weight excluding hydrogens is 280 g/mol. The van der Waals surface area contributed by atoms with Gasteiger partial charge in [-0.15, -0.1) is 0 Å². The number of hydrogen-bond donors (Lipinski definition) is 0. The summed E-state index contributed by atoms with van der Waals surface area (Å²) < 4.78 is 2.09. The number of piperazine rings is 2. The highest BCUT2D eigenvalue weighted by atomic mass is 16.2. The summed E-state index contributed by atoms with van der Waals surface area (Å²) in [4.78, 5) is 25.7. The van der Waals surface area contributed by atoms with E-state index >= 15 is 0 Å². The lowest BCUT2D eigenvalue weighted by atomic mass is 10.3. The average Bonchev–Trinajstić information content (AvgIpc) is 2.38. The maximum Gasteiger partial charge on any atom is 0.219 e. The zero-order valence-electron chi connectivity index (χ0n) is 15.3. The Bertz CT molecular complexity index is 349. The summed E-state index contributed by atoms with van der Waals surface area (Å²) in [6.45, 7) is 11.3. The van der Waals surface area contributed by atoms with Gasteiger partial charge in [-0.3, -0.25) is 9.59 Å². The van der Waals surface area contributed by atoms with Gasteiger partial charge in [-0.1, -0.05) is 0 Å². The van der Waals surface area contributed by atoms with E-state index in [0.29, 0.717) is 0 Å². The van der Waals surface area contributed by atoms with Crippen LogP contribution in [0.1, 0.15) is 13.8 Å². The number of carbonyl (C=O) groups excluding carboxylic acids is 2. The molecule has 2 aliphatic heterocycles. The zero-order valence-corrected chi connectivity index (χ0v) is 15.3. The van der Waals surface area contributed by atoms with E-state index in [4.69, 9.17) is 0 Å². The first-order chi connectivity index (χ1) is 10.0. The van der Waals surface area contributed by atoms with Crippen molar-refractivity contribution < 1.29 is 18.6 Å². The third-order valence-electron chi connectivity index (χ3n) is 4.79. The lowest BCUT2D eigenvalue weighted by Crippen LogP contribution is -2.55. The van der Waals surface area contributed by atoms with E-state index in [0.717, 1.165) is 61.3 Å². The average molecular weight is 314 g/mol. The third-order valence-corrected chi connectivity index (χ3v) is 4.79. The highest BCUT2D eigenvalue weighted by Crippen LogP contribution is 2.06. The first kappa shape index (κ1) is 18.9. The second kappa shape index (κ2) is 7.42. The van der Waals surface area contributed by atoms with Crippen LogP contribution in [0.15, 0.2) is 0 Å². The number of nitrogens with zero attached hydrogens (tertiary/aromatic N) is 4. The van der Waals surface area contributed by atoms with Crippen molar-refractivity contribution in [2.75, 3.05) is 80.5 Å². The van der Waals surface area contributed by atoms with Crippen LogP contribution in [0.2, 0.25) is 0 Å². The SMILES string of the molecule is CC(=O)N1CC[N+](C)(C)CC1.CC(=O)N1CC[N+](C)(C)CC1. The molecule has 2 amide bonds. The van der Waals surface area contributed by atoms with Crippen LogP contribution < -0.4 is 0 Å². The number of likely N-dealkylation sites (N-methyl/N-ethyl adjacent to an activating group) is 2. The smallest absolute Gasteiger partial charge is 0.219 e. The molecule has 0 aromatic rings. The summed E-state index contributed by atoms with van der Waals surface area (Å²) >= 11 is 0. The van der Waals surface area contributed by atoms with Gasteiger partial charge in [-0.2, -0.15) is 0 Å². The first-order valence-corrected chi connectivity index (χ1v) is 8.17. The molecule has 0 aromatic carbocycles. The van der Waals surface area contributed by atoms with E-state index < -0.39 is 0 Å². The van der Waals surface area contributed by atoms with Crippen LogP contribution in [-0.4, -0.2) is 111 Å². The summed E-state index contributed by atoms with van der Waals surface area (Å²) in [5.74, 6) is 0.425. The molecule has 0 unspecified atom stereocenters. The topological polar surface area (TPSA) is 40.6 Å². The molecule has 0 aromatic heterocycles. The summed E-state index contributed by atoms with van der Waals surface area (Å²) in [5.41, 5.74) is 0. The van der Waals surface area contributed by atoms with E-state index in [1.165, 1.54) is 0 Å². The Kier molecular flexibility index (Phi) is 6.38. The zero-order chi connectivity index (χ0) is 17.0. The van der Waals surface area contributed by atoms with Crippen LogP contribution in [0.25, 0.3) is 0 Å². The van der Waals surface area contributed by atoms with Crippen molar-refractivity contribution in [1.29, 1.82) is 0 Å². The number of amides is 2. The highest BCUT2D eigenvalue weighted by molar-refractivity contribution is 5.73. The van der Waals surface area contributed by atoms with E-state index in [2.05, 4.69) is 28.2 Å². The predicted molar refractivity (Wildman–Crippen MR) is 88.2 cm³/mol. The Hall–Kier alpha value is -1.14. The molecular formula is C16H34N4O2+2. The molecule has 0 radical (unpaired) electrons. The molecule has 2 aliphatic rings. The normalized spacial score (nSPS) is 23.4. The lowest BCUT2D eigenvalue weighted by Gasteiger charge is -2.38. The van der Waals surface area contributed by atoms with Crippen molar-refractivity contribution >= 4 is 11.8 Å². The molecule has 6 nitrogen and oxygen atoms in total. The van der Waals surface area contributed by atoms with Crippen LogP contribution in [0.5, 0.6) is 0 Å². The fourth-order valence-electron chi connectivity index (χ4n) is 2.64. The van der Waals surface area contributed by atoms with E-state index in [9.17, 15) is 9.59 Å².